The van der Waals surface area contributed by atoms with Crippen LogP contribution in [0.15, 0.2) is 42.1 Å². The van der Waals surface area contributed by atoms with Gasteiger partial charge in [0.25, 0.3) is 6.29 Å². The summed E-state index contributed by atoms with van der Waals surface area (Å²) in [5, 5.41) is 2.98. The van der Waals surface area contributed by atoms with Crippen LogP contribution >= 0.6 is 0 Å². The first kappa shape index (κ1) is 7.80. The predicted molar refractivity (Wildman–Crippen MR) is 52.9 cm³/mol. The Morgan fingerprint density at radius 1 is 1.23 bits per heavy atom. The summed E-state index contributed by atoms with van der Waals surface area (Å²) in [6.07, 6.45) is 7.32. The Hall–Kier alpha value is -1.83. The van der Waals surface area contributed by atoms with Crippen molar-refractivity contribution in [3.05, 3.63) is 47.7 Å². The van der Waals surface area contributed by atoms with Crippen molar-refractivity contribution in [3.63, 3.8) is 0 Å². The van der Waals surface area contributed by atoms with E-state index in [9.17, 15) is 4.79 Å². The number of allylic oxidation sites excluding steroid dienone is 3. The molecule has 0 aliphatic carbocycles. The Balaban J connectivity index is 2.45. The zero-order valence-corrected chi connectivity index (χ0v) is 6.95. The van der Waals surface area contributed by atoms with Gasteiger partial charge in [0.05, 0.1) is 5.70 Å². The van der Waals surface area contributed by atoms with Crippen LogP contribution in [-0.2, 0) is 4.79 Å². The van der Waals surface area contributed by atoms with E-state index in [-0.39, 0.29) is 0 Å². The molecule has 2 heteroatoms. The van der Waals surface area contributed by atoms with E-state index in [1.807, 2.05) is 42.7 Å². The van der Waals surface area contributed by atoms with Gasteiger partial charge in [0.2, 0.25) is 0 Å². The van der Waals surface area contributed by atoms with Crippen LogP contribution in [0.4, 0.5) is 5.69 Å². The Morgan fingerprint density at radius 2 is 2.08 bits per heavy atom. The number of anilines is 1. The van der Waals surface area contributed by atoms with E-state index in [2.05, 4.69) is 5.32 Å². The Bertz CT molecular complexity index is 391. The number of hydrogen-bond donors (Lipinski definition) is 1. The average molecular weight is 170 g/mol. The summed E-state index contributed by atoms with van der Waals surface area (Å²) in [6.45, 7) is 0. The van der Waals surface area contributed by atoms with Crippen LogP contribution in [0, 0.1) is 0 Å². The fourth-order valence-corrected chi connectivity index (χ4v) is 1.25. The summed E-state index contributed by atoms with van der Waals surface area (Å²) in [5.41, 5.74) is 2.47. The molecule has 1 aromatic rings. The fraction of sp³-hybridized carbons (Fsp3) is 0. The second-order valence-electron chi connectivity index (χ2n) is 2.75. The highest BCUT2D eigenvalue weighted by atomic mass is 16.1. The monoisotopic (exact) mass is 170 g/mol. The van der Waals surface area contributed by atoms with Crippen molar-refractivity contribution in [2.75, 3.05) is 5.32 Å². The van der Waals surface area contributed by atoms with Gasteiger partial charge in [0.1, 0.15) is 0 Å². The molecule has 0 spiro atoms. The molecule has 1 aromatic carbocycles. The number of rotatable bonds is 1. The number of benzene rings is 1. The number of para-hydroxylation sites is 1. The van der Waals surface area contributed by atoms with Crippen molar-refractivity contribution in [2.24, 2.45) is 0 Å². The third-order valence-corrected chi connectivity index (χ3v) is 1.88. The summed E-state index contributed by atoms with van der Waals surface area (Å²) in [7, 11) is 0. The molecule has 0 amide bonds. The van der Waals surface area contributed by atoms with E-state index in [1.165, 1.54) is 0 Å². The lowest BCUT2D eigenvalue weighted by molar-refractivity contribution is 0.562. The summed E-state index contributed by atoms with van der Waals surface area (Å²) in [6, 6.07) is 7.80. The lowest BCUT2D eigenvalue weighted by atomic mass is 10.2. The molecule has 1 N–H and O–H groups in total. The van der Waals surface area contributed by atoms with Crippen LogP contribution in [0.2, 0.25) is 0 Å². The Morgan fingerprint density at radius 3 is 2.92 bits per heavy atom. The quantitative estimate of drug-likeness (QED) is 0.699. The van der Waals surface area contributed by atoms with Crippen molar-refractivity contribution >= 4 is 18.0 Å². The van der Waals surface area contributed by atoms with Gasteiger partial charge in [-0.25, -0.2) is 0 Å². The SMILES string of the molecule is O=[C]C1=CC=Cc2ccccc2N1. The zero-order valence-electron chi connectivity index (χ0n) is 6.95. The van der Waals surface area contributed by atoms with Crippen LogP contribution in [0.25, 0.3) is 6.08 Å². The predicted octanol–water partition coefficient (Wildman–Crippen LogP) is 2.12. The van der Waals surface area contributed by atoms with Crippen LogP contribution in [0.5, 0.6) is 0 Å². The van der Waals surface area contributed by atoms with E-state index in [0.29, 0.717) is 5.70 Å². The van der Waals surface area contributed by atoms with Crippen molar-refractivity contribution in [2.45, 2.75) is 0 Å². The number of nitrogens with one attached hydrogen (secondary N) is 1. The third kappa shape index (κ3) is 1.51. The topological polar surface area (TPSA) is 29.1 Å². The maximum absolute atomic E-state index is 10.4. The molecule has 0 atom stereocenters. The van der Waals surface area contributed by atoms with E-state index < -0.39 is 0 Å². The molecule has 1 heterocycles. The summed E-state index contributed by atoms with van der Waals surface area (Å²) >= 11 is 0. The van der Waals surface area contributed by atoms with Crippen molar-refractivity contribution in [1.29, 1.82) is 0 Å². The van der Waals surface area contributed by atoms with Gasteiger partial charge in [-0.2, -0.15) is 0 Å². The smallest absolute Gasteiger partial charge is 0.251 e. The average Bonchev–Trinajstić information content (AvgIpc) is 2.38. The Kier molecular flexibility index (Phi) is 1.96. The van der Waals surface area contributed by atoms with Gasteiger partial charge in [-0.1, -0.05) is 30.4 Å². The van der Waals surface area contributed by atoms with Gasteiger partial charge in [0, 0.05) is 5.69 Å². The molecule has 1 aliphatic heterocycles. The summed E-state index contributed by atoms with van der Waals surface area (Å²) in [4.78, 5) is 10.4. The highest BCUT2D eigenvalue weighted by Crippen LogP contribution is 2.20. The van der Waals surface area contributed by atoms with E-state index >= 15 is 0 Å². The van der Waals surface area contributed by atoms with Gasteiger partial charge in [-0.3, -0.25) is 4.79 Å². The minimum atomic E-state index is 0.459. The maximum atomic E-state index is 10.4. The molecule has 1 aliphatic rings. The normalized spacial score (nSPS) is 13.7. The van der Waals surface area contributed by atoms with Gasteiger partial charge in [-0.15, -0.1) is 0 Å². The molecule has 0 saturated carbocycles. The number of hydrogen-bond acceptors (Lipinski definition) is 2. The fourth-order valence-electron chi connectivity index (χ4n) is 1.25. The largest absolute Gasteiger partial charge is 0.352 e. The molecule has 63 valence electrons. The molecule has 13 heavy (non-hydrogen) atoms. The van der Waals surface area contributed by atoms with Crippen molar-refractivity contribution in [1.82, 2.24) is 0 Å². The summed E-state index contributed by atoms with van der Waals surface area (Å²) < 4.78 is 0. The molecule has 0 bridgehead atoms. The van der Waals surface area contributed by atoms with E-state index in [4.69, 9.17) is 0 Å². The second kappa shape index (κ2) is 3.27. The molecule has 2 nitrogen and oxygen atoms in total. The van der Waals surface area contributed by atoms with Gasteiger partial charge in [-0.05, 0) is 17.7 Å². The van der Waals surface area contributed by atoms with Gasteiger partial charge >= 0.3 is 0 Å². The first-order valence-corrected chi connectivity index (χ1v) is 4.03. The summed E-state index contributed by atoms with van der Waals surface area (Å²) in [5.74, 6) is 0. The second-order valence-corrected chi connectivity index (χ2v) is 2.75. The van der Waals surface area contributed by atoms with Crippen molar-refractivity contribution < 1.29 is 4.79 Å². The first-order valence-electron chi connectivity index (χ1n) is 4.03. The van der Waals surface area contributed by atoms with Gasteiger partial charge in [0.15, 0.2) is 0 Å². The maximum Gasteiger partial charge on any atom is 0.251 e. The number of carbonyl (C=O) groups excluding carboxylic acids is 1. The highest BCUT2D eigenvalue weighted by Gasteiger charge is 2.03. The van der Waals surface area contributed by atoms with E-state index in [0.717, 1.165) is 11.3 Å². The first-order chi connectivity index (χ1) is 6.40. The molecule has 0 aromatic heterocycles. The van der Waals surface area contributed by atoms with Crippen molar-refractivity contribution in [3.8, 4) is 0 Å². The minimum Gasteiger partial charge on any atom is -0.352 e. The lowest BCUT2D eigenvalue weighted by Gasteiger charge is -2.05. The molecular weight excluding hydrogens is 162 g/mol. The Labute approximate surface area is 76.6 Å². The molecule has 0 fully saturated rings. The zero-order chi connectivity index (χ0) is 9.10. The van der Waals surface area contributed by atoms with Crippen LogP contribution in [-0.4, -0.2) is 6.29 Å². The molecule has 0 unspecified atom stereocenters. The van der Waals surface area contributed by atoms with Crippen LogP contribution < -0.4 is 5.32 Å². The molecule has 1 radical (unpaired) electrons. The number of fused-ring (bicyclic) bond motifs is 1. The van der Waals surface area contributed by atoms with Gasteiger partial charge < -0.3 is 5.32 Å². The molecule has 2 rings (SSSR count). The standard InChI is InChI=1S/C11H8NO/c13-8-10-6-3-5-9-4-1-2-7-11(9)12-10/h1-7,12H. The van der Waals surface area contributed by atoms with Crippen LogP contribution in [0.3, 0.4) is 0 Å². The molecule has 0 saturated heterocycles. The third-order valence-electron chi connectivity index (χ3n) is 1.88. The van der Waals surface area contributed by atoms with E-state index in [1.54, 1.807) is 6.08 Å². The van der Waals surface area contributed by atoms with Crippen LogP contribution in [0.1, 0.15) is 5.56 Å². The minimum absolute atomic E-state index is 0.459. The highest BCUT2D eigenvalue weighted by molar-refractivity contribution is 5.84. The molecular formula is C11H8NO. The lowest BCUT2D eigenvalue weighted by Crippen LogP contribution is -1.99.